The van der Waals surface area contributed by atoms with Crippen molar-refractivity contribution in [1.82, 2.24) is 10.6 Å². The molecule has 0 aliphatic heterocycles. The monoisotopic (exact) mass is 301 g/mol. The molecule has 1 aromatic rings. The Kier molecular flexibility index (Phi) is 7.16. The Hall–Kier alpha value is -1.77. The minimum Gasteiger partial charge on any atom is -0.382 e. The summed E-state index contributed by atoms with van der Waals surface area (Å²) >= 11 is 0. The van der Waals surface area contributed by atoms with E-state index < -0.39 is 0 Å². The van der Waals surface area contributed by atoms with Gasteiger partial charge in [0.05, 0.1) is 0 Å². The lowest BCUT2D eigenvalue weighted by Gasteiger charge is -2.18. The van der Waals surface area contributed by atoms with Crippen LogP contribution in [0.2, 0.25) is 0 Å². The second-order valence-corrected chi connectivity index (χ2v) is 6.63. The first-order valence-corrected chi connectivity index (χ1v) is 8.17. The summed E-state index contributed by atoms with van der Waals surface area (Å²) in [6.45, 7) is 14.9. The van der Waals surface area contributed by atoms with Gasteiger partial charge in [0.2, 0.25) is 0 Å². The second kappa shape index (κ2) is 8.62. The highest BCUT2D eigenvalue weighted by molar-refractivity contribution is 5.99. The average molecular weight is 301 g/mol. The largest absolute Gasteiger partial charge is 0.382 e. The fraction of sp³-hybridized carbons (Fsp3) is 0.526. The highest BCUT2D eigenvalue weighted by atomic mass is 15.0. The van der Waals surface area contributed by atoms with Gasteiger partial charge in [-0.05, 0) is 54.0 Å². The fourth-order valence-corrected chi connectivity index (χ4v) is 2.08. The molecule has 0 aliphatic carbocycles. The van der Waals surface area contributed by atoms with E-state index in [2.05, 4.69) is 89.4 Å². The molecule has 0 aromatic heterocycles. The molecule has 0 bridgehead atoms. The zero-order chi connectivity index (χ0) is 16.7. The van der Waals surface area contributed by atoms with Crippen LogP contribution in [-0.4, -0.2) is 24.0 Å². The number of rotatable bonds is 6. The third-order valence-corrected chi connectivity index (χ3v) is 2.92. The summed E-state index contributed by atoms with van der Waals surface area (Å²) in [5.74, 6) is 0.925. The van der Waals surface area contributed by atoms with Crippen molar-refractivity contribution >= 4 is 11.5 Å². The predicted octanol–water partition coefficient (Wildman–Crippen LogP) is 4.14. The van der Waals surface area contributed by atoms with Gasteiger partial charge in [0.1, 0.15) is 5.84 Å². The molecule has 0 radical (unpaired) electrons. The van der Waals surface area contributed by atoms with Crippen molar-refractivity contribution in [2.45, 2.75) is 66.6 Å². The Morgan fingerprint density at radius 1 is 0.909 bits per heavy atom. The Labute approximate surface area is 135 Å². The summed E-state index contributed by atoms with van der Waals surface area (Å²) in [6.07, 6.45) is 2.12. The lowest BCUT2D eigenvalue weighted by Crippen LogP contribution is -2.31. The highest BCUT2D eigenvalue weighted by Gasteiger charge is 2.07. The normalized spacial score (nSPS) is 13.2. The molecule has 22 heavy (non-hydrogen) atoms. The Balaban J connectivity index is 3.19. The molecule has 3 heteroatoms. The van der Waals surface area contributed by atoms with Crippen molar-refractivity contribution in [2.75, 3.05) is 0 Å². The van der Waals surface area contributed by atoms with Crippen molar-refractivity contribution in [3.8, 4) is 0 Å². The van der Waals surface area contributed by atoms with E-state index in [4.69, 9.17) is 4.99 Å². The van der Waals surface area contributed by atoms with Crippen LogP contribution in [0.5, 0.6) is 0 Å². The minimum atomic E-state index is 0.260. The molecular formula is C19H31N3. The predicted molar refractivity (Wildman–Crippen MR) is 98.3 cm³/mol. The summed E-state index contributed by atoms with van der Waals surface area (Å²) in [7, 11) is 0. The Bertz CT molecular complexity index is 508. The van der Waals surface area contributed by atoms with Gasteiger partial charge in [-0.25, -0.2) is 0 Å². The summed E-state index contributed by atoms with van der Waals surface area (Å²) < 4.78 is 0. The van der Waals surface area contributed by atoms with E-state index in [9.17, 15) is 0 Å². The average Bonchev–Trinajstić information content (AvgIpc) is 2.36. The van der Waals surface area contributed by atoms with E-state index >= 15 is 0 Å². The molecule has 2 N–H and O–H groups in total. The summed E-state index contributed by atoms with van der Waals surface area (Å²) in [4.78, 5) is 4.70. The van der Waals surface area contributed by atoms with E-state index in [1.54, 1.807) is 0 Å². The Morgan fingerprint density at radius 2 is 1.45 bits per heavy atom. The van der Waals surface area contributed by atoms with Gasteiger partial charge in [-0.2, -0.15) is 0 Å². The van der Waals surface area contributed by atoms with E-state index in [1.807, 2.05) is 0 Å². The molecule has 0 fully saturated rings. The summed E-state index contributed by atoms with van der Waals surface area (Å²) in [5, 5.41) is 6.96. The molecule has 0 spiro atoms. The van der Waals surface area contributed by atoms with Crippen LogP contribution in [0.15, 0.2) is 35.3 Å². The standard InChI is InChI=1S/C19H31N3/c1-13(2)20-18(17-10-8-16(7)9-11-17)12-19(21-14(3)4)22-15(5)6/h8-15,20H,1-7H3,(H,21,22)/b18-12-. The molecule has 0 amide bonds. The van der Waals surface area contributed by atoms with E-state index in [-0.39, 0.29) is 6.04 Å². The molecular weight excluding hydrogens is 270 g/mol. The molecule has 0 atom stereocenters. The lowest BCUT2D eigenvalue weighted by molar-refractivity contribution is 0.711. The van der Waals surface area contributed by atoms with Crippen LogP contribution < -0.4 is 10.6 Å². The fourth-order valence-electron chi connectivity index (χ4n) is 2.08. The molecule has 0 aliphatic rings. The number of hydrogen-bond donors (Lipinski definition) is 2. The molecule has 0 saturated carbocycles. The maximum atomic E-state index is 4.70. The molecule has 0 heterocycles. The van der Waals surface area contributed by atoms with Crippen LogP contribution in [0, 0.1) is 6.92 Å². The third kappa shape index (κ3) is 6.79. The Morgan fingerprint density at radius 3 is 1.91 bits per heavy atom. The zero-order valence-electron chi connectivity index (χ0n) is 15.1. The quantitative estimate of drug-likeness (QED) is 0.612. The van der Waals surface area contributed by atoms with Crippen LogP contribution in [0.3, 0.4) is 0 Å². The van der Waals surface area contributed by atoms with Gasteiger partial charge in [0.25, 0.3) is 0 Å². The number of nitrogens with zero attached hydrogens (tertiary/aromatic N) is 1. The SMILES string of the molecule is Cc1ccc(/C(=C/C(=NC(C)C)NC(C)C)NC(C)C)cc1. The van der Waals surface area contributed by atoms with Gasteiger partial charge in [0, 0.05) is 29.9 Å². The van der Waals surface area contributed by atoms with Gasteiger partial charge in [-0.1, -0.05) is 29.8 Å². The maximum Gasteiger partial charge on any atom is 0.123 e. The van der Waals surface area contributed by atoms with Gasteiger partial charge < -0.3 is 10.6 Å². The van der Waals surface area contributed by atoms with Crippen molar-refractivity contribution < 1.29 is 0 Å². The van der Waals surface area contributed by atoms with Crippen LogP contribution in [0.1, 0.15) is 52.7 Å². The number of aryl methyl sites for hydroxylation is 1. The van der Waals surface area contributed by atoms with Crippen molar-refractivity contribution in [3.63, 3.8) is 0 Å². The maximum absolute atomic E-state index is 4.70. The second-order valence-electron chi connectivity index (χ2n) is 6.63. The van der Waals surface area contributed by atoms with Gasteiger partial charge >= 0.3 is 0 Å². The lowest BCUT2D eigenvalue weighted by atomic mass is 10.1. The van der Waals surface area contributed by atoms with Crippen molar-refractivity contribution in [3.05, 3.63) is 41.5 Å². The van der Waals surface area contributed by atoms with Crippen LogP contribution in [-0.2, 0) is 0 Å². The molecule has 1 aromatic carbocycles. The molecule has 3 nitrogen and oxygen atoms in total. The van der Waals surface area contributed by atoms with Crippen LogP contribution in [0.4, 0.5) is 0 Å². The molecule has 1 rings (SSSR count). The number of aliphatic imine (C=N–C) groups is 1. The smallest absolute Gasteiger partial charge is 0.123 e. The minimum absolute atomic E-state index is 0.260. The van der Waals surface area contributed by atoms with Crippen molar-refractivity contribution in [1.29, 1.82) is 0 Å². The molecule has 0 unspecified atom stereocenters. The topological polar surface area (TPSA) is 36.4 Å². The third-order valence-electron chi connectivity index (χ3n) is 2.92. The zero-order valence-corrected chi connectivity index (χ0v) is 15.1. The molecule has 0 saturated heterocycles. The summed E-state index contributed by atoms with van der Waals surface area (Å²) in [5.41, 5.74) is 3.55. The van der Waals surface area contributed by atoms with Crippen LogP contribution >= 0.6 is 0 Å². The number of amidine groups is 1. The van der Waals surface area contributed by atoms with Crippen molar-refractivity contribution in [2.24, 2.45) is 4.99 Å². The number of benzene rings is 1. The highest BCUT2D eigenvalue weighted by Crippen LogP contribution is 2.14. The first-order chi connectivity index (χ1) is 10.3. The first kappa shape index (κ1) is 18.3. The molecule has 122 valence electrons. The number of hydrogen-bond acceptors (Lipinski definition) is 2. The summed E-state index contributed by atoms with van der Waals surface area (Å²) in [6, 6.07) is 9.56. The van der Waals surface area contributed by atoms with E-state index in [1.165, 1.54) is 11.1 Å². The van der Waals surface area contributed by atoms with E-state index in [0.29, 0.717) is 12.1 Å². The van der Waals surface area contributed by atoms with Gasteiger partial charge in [0.15, 0.2) is 0 Å². The number of nitrogens with one attached hydrogen (secondary N) is 2. The van der Waals surface area contributed by atoms with E-state index in [0.717, 1.165) is 11.5 Å². The van der Waals surface area contributed by atoms with Gasteiger partial charge in [-0.15, -0.1) is 0 Å². The first-order valence-electron chi connectivity index (χ1n) is 8.17. The van der Waals surface area contributed by atoms with Crippen LogP contribution in [0.25, 0.3) is 5.70 Å². The van der Waals surface area contributed by atoms with Gasteiger partial charge in [-0.3, -0.25) is 4.99 Å².